The molecule has 0 saturated heterocycles. The predicted octanol–water partition coefficient (Wildman–Crippen LogP) is 1.67. The number of rotatable bonds is 3. The minimum absolute atomic E-state index is 0.0728. The summed E-state index contributed by atoms with van der Waals surface area (Å²) in [6, 6.07) is 1.76. The number of carbonyl (C=O) groups excluding carboxylic acids is 1. The molecule has 5 nitrogen and oxygen atoms in total. The molecule has 1 amide bonds. The highest BCUT2D eigenvalue weighted by Crippen LogP contribution is 2.16. The van der Waals surface area contributed by atoms with Gasteiger partial charge in [-0.3, -0.25) is 9.89 Å². The summed E-state index contributed by atoms with van der Waals surface area (Å²) in [4.78, 5) is 16.6. The van der Waals surface area contributed by atoms with E-state index in [4.69, 9.17) is 0 Å². The Kier molecular flexibility index (Phi) is 3.00. The summed E-state index contributed by atoms with van der Waals surface area (Å²) >= 11 is 1.44. The van der Waals surface area contributed by atoms with Crippen molar-refractivity contribution < 1.29 is 4.79 Å². The Labute approximate surface area is 96.9 Å². The van der Waals surface area contributed by atoms with E-state index in [1.807, 2.05) is 25.3 Å². The first kappa shape index (κ1) is 10.8. The van der Waals surface area contributed by atoms with Crippen LogP contribution in [0, 0.1) is 6.92 Å². The Morgan fingerprint density at radius 1 is 1.62 bits per heavy atom. The van der Waals surface area contributed by atoms with E-state index in [9.17, 15) is 4.79 Å². The molecule has 0 aromatic carbocycles. The minimum Gasteiger partial charge on any atom is -0.342 e. The highest BCUT2D eigenvalue weighted by Gasteiger charge is 2.15. The van der Waals surface area contributed by atoms with Crippen LogP contribution in [0.25, 0.3) is 0 Å². The lowest BCUT2D eigenvalue weighted by atomic mass is 10.2. The van der Waals surface area contributed by atoms with Gasteiger partial charge in [0.15, 0.2) is 0 Å². The van der Waals surface area contributed by atoms with Crippen molar-refractivity contribution in [2.24, 2.45) is 0 Å². The monoisotopic (exact) mass is 236 g/mol. The van der Waals surface area contributed by atoms with Crippen LogP contribution in [-0.4, -0.2) is 21.1 Å². The fraction of sp³-hybridized carbons (Fsp3) is 0.300. The third-order valence-electron chi connectivity index (χ3n) is 2.26. The van der Waals surface area contributed by atoms with E-state index in [0.717, 1.165) is 10.4 Å². The van der Waals surface area contributed by atoms with Gasteiger partial charge >= 0.3 is 0 Å². The Morgan fingerprint density at radius 2 is 2.44 bits per heavy atom. The van der Waals surface area contributed by atoms with Crippen molar-refractivity contribution in [3.63, 3.8) is 0 Å². The van der Waals surface area contributed by atoms with Crippen LogP contribution >= 0.6 is 11.3 Å². The van der Waals surface area contributed by atoms with Gasteiger partial charge in [0, 0.05) is 0 Å². The summed E-state index contributed by atoms with van der Waals surface area (Å²) in [6.07, 6.45) is 1.42. The van der Waals surface area contributed by atoms with Gasteiger partial charge in [0.05, 0.1) is 10.9 Å². The molecule has 84 valence electrons. The lowest BCUT2D eigenvalue weighted by molar-refractivity contribution is 0.0942. The van der Waals surface area contributed by atoms with Crippen molar-refractivity contribution >= 4 is 17.2 Å². The van der Waals surface area contributed by atoms with Crippen molar-refractivity contribution in [2.45, 2.75) is 19.9 Å². The van der Waals surface area contributed by atoms with Gasteiger partial charge in [-0.25, -0.2) is 4.98 Å². The SMILES string of the molecule is Cc1ccsc1C(=O)NC(C)c1ncn[nH]1. The largest absolute Gasteiger partial charge is 0.342 e. The van der Waals surface area contributed by atoms with Gasteiger partial charge in [-0.15, -0.1) is 11.3 Å². The molecule has 2 aromatic rings. The van der Waals surface area contributed by atoms with Gasteiger partial charge in [-0.2, -0.15) is 5.10 Å². The molecule has 0 radical (unpaired) electrons. The molecule has 0 fully saturated rings. The first-order valence-electron chi connectivity index (χ1n) is 4.88. The second-order valence-electron chi connectivity index (χ2n) is 3.50. The summed E-state index contributed by atoms with van der Waals surface area (Å²) in [5, 5.41) is 11.2. The molecule has 0 aliphatic carbocycles. The third-order valence-corrected chi connectivity index (χ3v) is 3.27. The molecule has 2 N–H and O–H groups in total. The minimum atomic E-state index is -0.170. The maximum absolute atomic E-state index is 11.9. The summed E-state index contributed by atoms with van der Waals surface area (Å²) in [5.41, 5.74) is 0.993. The van der Waals surface area contributed by atoms with Crippen LogP contribution in [-0.2, 0) is 0 Å². The lowest BCUT2D eigenvalue weighted by Crippen LogP contribution is -2.27. The van der Waals surface area contributed by atoms with E-state index in [1.165, 1.54) is 17.7 Å². The first-order valence-corrected chi connectivity index (χ1v) is 5.76. The average Bonchev–Trinajstić information content (AvgIpc) is 2.86. The van der Waals surface area contributed by atoms with Gasteiger partial charge in [0.2, 0.25) is 0 Å². The first-order chi connectivity index (χ1) is 7.68. The zero-order valence-corrected chi connectivity index (χ0v) is 9.84. The number of hydrogen-bond acceptors (Lipinski definition) is 4. The highest BCUT2D eigenvalue weighted by atomic mass is 32.1. The number of aromatic nitrogens is 3. The number of carbonyl (C=O) groups is 1. The lowest BCUT2D eigenvalue weighted by Gasteiger charge is -2.10. The maximum Gasteiger partial charge on any atom is 0.262 e. The predicted molar refractivity (Wildman–Crippen MR) is 61.3 cm³/mol. The van der Waals surface area contributed by atoms with Gasteiger partial charge in [-0.1, -0.05) is 0 Å². The van der Waals surface area contributed by atoms with Crippen LogP contribution in [0.4, 0.5) is 0 Å². The van der Waals surface area contributed by atoms with Crippen LogP contribution < -0.4 is 5.32 Å². The molecule has 1 unspecified atom stereocenters. The number of H-pyrrole nitrogens is 1. The van der Waals surface area contributed by atoms with Gasteiger partial charge in [0.1, 0.15) is 12.2 Å². The topological polar surface area (TPSA) is 70.7 Å². The smallest absolute Gasteiger partial charge is 0.262 e. The zero-order valence-electron chi connectivity index (χ0n) is 9.02. The molecule has 0 aliphatic rings. The number of aryl methyl sites for hydroxylation is 1. The summed E-state index contributed by atoms with van der Waals surface area (Å²) in [6.45, 7) is 3.78. The molecule has 1 atom stereocenters. The van der Waals surface area contributed by atoms with Crippen LogP contribution in [0.3, 0.4) is 0 Å². The highest BCUT2D eigenvalue weighted by molar-refractivity contribution is 7.12. The van der Waals surface area contributed by atoms with Crippen LogP contribution in [0.15, 0.2) is 17.8 Å². The Balaban J connectivity index is 2.06. The van der Waals surface area contributed by atoms with E-state index >= 15 is 0 Å². The maximum atomic E-state index is 11.9. The van der Waals surface area contributed by atoms with E-state index in [-0.39, 0.29) is 11.9 Å². The van der Waals surface area contributed by atoms with E-state index in [2.05, 4.69) is 20.5 Å². The van der Waals surface area contributed by atoms with Gasteiger partial charge in [-0.05, 0) is 30.9 Å². The van der Waals surface area contributed by atoms with Crippen LogP contribution in [0.1, 0.15) is 34.0 Å². The molecule has 0 saturated carbocycles. The van der Waals surface area contributed by atoms with E-state index in [0.29, 0.717) is 5.82 Å². The molecule has 2 rings (SSSR count). The third kappa shape index (κ3) is 2.11. The fourth-order valence-corrected chi connectivity index (χ4v) is 2.19. The number of amides is 1. The van der Waals surface area contributed by atoms with Crippen LogP contribution in [0.2, 0.25) is 0 Å². The molecule has 0 spiro atoms. The molecule has 2 aromatic heterocycles. The second-order valence-corrected chi connectivity index (χ2v) is 4.41. The van der Waals surface area contributed by atoms with E-state index in [1.54, 1.807) is 0 Å². The number of aromatic amines is 1. The zero-order chi connectivity index (χ0) is 11.5. The Bertz CT molecular complexity index is 477. The molecular formula is C10H12N4OS. The Hall–Kier alpha value is -1.69. The number of thiophene rings is 1. The molecule has 2 heterocycles. The normalized spacial score (nSPS) is 12.4. The van der Waals surface area contributed by atoms with E-state index < -0.39 is 0 Å². The number of nitrogens with one attached hydrogen (secondary N) is 2. The Morgan fingerprint density at radius 3 is 3.00 bits per heavy atom. The molecule has 0 bridgehead atoms. The molecule has 0 aliphatic heterocycles. The number of hydrogen-bond donors (Lipinski definition) is 2. The van der Waals surface area contributed by atoms with Gasteiger partial charge in [0.25, 0.3) is 5.91 Å². The van der Waals surface area contributed by atoms with Crippen molar-refractivity contribution in [1.29, 1.82) is 0 Å². The van der Waals surface area contributed by atoms with Gasteiger partial charge < -0.3 is 5.32 Å². The molecule has 6 heteroatoms. The second kappa shape index (κ2) is 4.44. The molecule has 16 heavy (non-hydrogen) atoms. The average molecular weight is 236 g/mol. The van der Waals surface area contributed by atoms with Crippen molar-refractivity contribution in [3.8, 4) is 0 Å². The van der Waals surface area contributed by atoms with Crippen molar-refractivity contribution in [2.75, 3.05) is 0 Å². The molecular weight excluding hydrogens is 224 g/mol. The van der Waals surface area contributed by atoms with Crippen LogP contribution in [0.5, 0.6) is 0 Å². The summed E-state index contributed by atoms with van der Waals surface area (Å²) in [7, 11) is 0. The van der Waals surface area contributed by atoms with Crippen molar-refractivity contribution in [3.05, 3.63) is 34.0 Å². The number of nitrogens with zero attached hydrogens (tertiary/aromatic N) is 2. The fourth-order valence-electron chi connectivity index (χ4n) is 1.36. The summed E-state index contributed by atoms with van der Waals surface area (Å²) < 4.78 is 0. The standard InChI is InChI=1S/C10H12N4OS/c1-6-3-4-16-8(6)10(15)13-7(2)9-11-5-12-14-9/h3-5,7H,1-2H3,(H,13,15)(H,11,12,14). The summed E-state index contributed by atoms with van der Waals surface area (Å²) in [5.74, 6) is 0.582. The quantitative estimate of drug-likeness (QED) is 0.851. The van der Waals surface area contributed by atoms with Crippen molar-refractivity contribution in [1.82, 2.24) is 20.5 Å².